The molecule has 92 valence electrons. The summed E-state index contributed by atoms with van der Waals surface area (Å²) in [5, 5.41) is 0.680. The molecule has 0 fully saturated rings. The Labute approximate surface area is 108 Å². The molecule has 6 heteroatoms. The topological polar surface area (TPSA) is 83.4 Å². The molecule has 18 heavy (non-hydrogen) atoms. The van der Waals surface area contributed by atoms with Gasteiger partial charge in [0.2, 0.25) is 0 Å². The summed E-state index contributed by atoms with van der Waals surface area (Å²) in [6.07, 6.45) is 4.06. The molecular formula is C12H12ClN5. The number of hydrogen-bond donors (Lipinski definition) is 3. The Morgan fingerprint density at radius 3 is 3.06 bits per heavy atom. The average molecular weight is 262 g/mol. The molecule has 0 bridgehead atoms. The Kier molecular flexibility index (Phi) is 2.77. The van der Waals surface area contributed by atoms with Crippen molar-refractivity contribution in [2.75, 3.05) is 0 Å². The van der Waals surface area contributed by atoms with E-state index in [1.54, 1.807) is 12.5 Å². The molecule has 1 unspecified atom stereocenters. The summed E-state index contributed by atoms with van der Waals surface area (Å²) in [6.45, 7) is 0. The van der Waals surface area contributed by atoms with Crippen molar-refractivity contribution in [1.29, 1.82) is 0 Å². The van der Waals surface area contributed by atoms with E-state index in [2.05, 4.69) is 19.9 Å². The van der Waals surface area contributed by atoms with E-state index in [0.29, 0.717) is 11.4 Å². The second-order valence-corrected chi connectivity index (χ2v) is 4.61. The molecule has 2 heterocycles. The molecule has 0 aliphatic carbocycles. The van der Waals surface area contributed by atoms with Crippen molar-refractivity contribution in [2.24, 2.45) is 5.73 Å². The summed E-state index contributed by atoms with van der Waals surface area (Å²) < 4.78 is 0. The highest BCUT2D eigenvalue weighted by Crippen LogP contribution is 2.20. The Balaban J connectivity index is 1.89. The largest absolute Gasteiger partial charge is 0.348 e. The number of aromatic nitrogens is 4. The molecule has 5 nitrogen and oxygen atoms in total. The molecule has 3 aromatic rings. The van der Waals surface area contributed by atoms with Gasteiger partial charge in [-0.15, -0.1) is 0 Å². The molecular weight excluding hydrogens is 250 g/mol. The van der Waals surface area contributed by atoms with Gasteiger partial charge in [-0.3, -0.25) is 0 Å². The molecule has 0 aliphatic heterocycles. The number of rotatable bonds is 3. The number of aromatic amines is 2. The molecule has 0 radical (unpaired) electrons. The monoisotopic (exact) mass is 261 g/mol. The quantitative estimate of drug-likeness (QED) is 0.676. The zero-order valence-corrected chi connectivity index (χ0v) is 10.3. The normalized spacial score (nSPS) is 13.0. The van der Waals surface area contributed by atoms with Crippen LogP contribution in [0.25, 0.3) is 11.0 Å². The Bertz CT molecular complexity index is 658. The number of H-pyrrole nitrogens is 2. The highest BCUT2D eigenvalue weighted by molar-refractivity contribution is 6.31. The second-order valence-electron chi connectivity index (χ2n) is 4.17. The van der Waals surface area contributed by atoms with Crippen molar-refractivity contribution in [2.45, 2.75) is 12.5 Å². The van der Waals surface area contributed by atoms with Gasteiger partial charge in [-0.2, -0.15) is 0 Å². The van der Waals surface area contributed by atoms with Gasteiger partial charge >= 0.3 is 0 Å². The first kappa shape index (κ1) is 11.3. The lowest BCUT2D eigenvalue weighted by Gasteiger charge is -2.06. The van der Waals surface area contributed by atoms with Crippen LogP contribution in [0.4, 0.5) is 0 Å². The smallest absolute Gasteiger partial charge is 0.124 e. The standard InChI is InChI=1S/C12H12ClN5/c13-7-1-2-10-11(3-7)18-12(17-10)9(14)4-8-5-15-6-16-8/h1-3,5-6,9H,4,14H2,(H,15,16)(H,17,18). The predicted molar refractivity (Wildman–Crippen MR) is 70.3 cm³/mol. The molecule has 0 saturated heterocycles. The third kappa shape index (κ3) is 2.10. The van der Waals surface area contributed by atoms with Crippen LogP contribution in [0.5, 0.6) is 0 Å². The van der Waals surface area contributed by atoms with E-state index in [1.807, 2.05) is 18.2 Å². The number of nitrogens with zero attached hydrogens (tertiary/aromatic N) is 2. The zero-order valence-electron chi connectivity index (χ0n) is 9.52. The van der Waals surface area contributed by atoms with E-state index in [1.165, 1.54) is 0 Å². The summed E-state index contributed by atoms with van der Waals surface area (Å²) >= 11 is 5.93. The fourth-order valence-corrected chi connectivity index (χ4v) is 2.08. The van der Waals surface area contributed by atoms with Gasteiger partial charge in [0.1, 0.15) is 5.82 Å². The molecule has 0 spiro atoms. The van der Waals surface area contributed by atoms with Gasteiger partial charge in [-0.1, -0.05) is 11.6 Å². The number of nitrogens with one attached hydrogen (secondary N) is 2. The van der Waals surface area contributed by atoms with Crippen LogP contribution in [0.1, 0.15) is 17.6 Å². The van der Waals surface area contributed by atoms with Gasteiger partial charge in [-0.05, 0) is 18.2 Å². The summed E-state index contributed by atoms with van der Waals surface area (Å²) in [4.78, 5) is 14.6. The number of benzene rings is 1. The Morgan fingerprint density at radius 1 is 1.39 bits per heavy atom. The molecule has 1 aromatic carbocycles. The molecule has 4 N–H and O–H groups in total. The zero-order chi connectivity index (χ0) is 12.5. The number of imidazole rings is 2. The maximum atomic E-state index is 6.11. The molecule has 0 amide bonds. The summed E-state index contributed by atoms with van der Waals surface area (Å²) in [5.74, 6) is 0.752. The van der Waals surface area contributed by atoms with Crippen LogP contribution < -0.4 is 5.73 Å². The number of nitrogens with two attached hydrogens (primary N) is 1. The minimum absolute atomic E-state index is 0.198. The molecule has 3 rings (SSSR count). The van der Waals surface area contributed by atoms with Crippen molar-refractivity contribution in [1.82, 2.24) is 19.9 Å². The lowest BCUT2D eigenvalue weighted by Crippen LogP contribution is -2.15. The van der Waals surface area contributed by atoms with Crippen LogP contribution in [-0.4, -0.2) is 19.9 Å². The number of hydrogen-bond acceptors (Lipinski definition) is 3. The Morgan fingerprint density at radius 2 is 2.28 bits per heavy atom. The van der Waals surface area contributed by atoms with E-state index in [9.17, 15) is 0 Å². The van der Waals surface area contributed by atoms with E-state index < -0.39 is 0 Å². The molecule has 0 aliphatic rings. The van der Waals surface area contributed by atoms with Crippen molar-refractivity contribution in [3.8, 4) is 0 Å². The minimum Gasteiger partial charge on any atom is -0.348 e. The molecule has 0 saturated carbocycles. The van der Waals surface area contributed by atoms with E-state index in [-0.39, 0.29) is 6.04 Å². The van der Waals surface area contributed by atoms with E-state index in [0.717, 1.165) is 22.6 Å². The fraction of sp³-hybridized carbons (Fsp3) is 0.167. The first-order valence-electron chi connectivity index (χ1n) is 5.60. The maximum absolute atomic E-state index is 6.11. The van der Waals surface area contributed by atoms with Crippen molar-refractivity contribution >= 4 is 22.6 Å². The van der Waals surface area contributed by atoms with Gasteiger partial charge in [0.05, 0.1) is 23.4 Å². The van der Waals surface area contributed by atoms with E-state index >= 15 is 0 Å². The van der Waals surface area contributed by atoms with Crippen LogP contribution in [0.15, 0.2) is 30.7 Å². The number of fused-ring (bicyclic) bond motifs is 1. The fourth-order valence-electron chi connectivity index (χ4n) is 1.91. The summed E-state index contributed by atoms with van der Waals surface area (Å²) in [5.41, 5.74) is 8.87. The van der Waals surface area contributed by atoms with Gasteiger partial charge in [0, 0.05) is 23.3 Å². The van der Waals surface area contributed by atoms with Gasteiger partial charge in [0.15, 0.2) is 0 Å². The second kappa shape index (κ2) is 4.44. The molecule has 2 aromatic heterocycles. The molecule has 1 atom stereocenters. The van der Waals surface area contributed by atoms with Crippen LogP contribution in [-0.2, 0) is 6.42 Å². The van der Waals surface area contributed by atoms with Gasteiger partial charge in [0.25, 0.3) is 0 Å². The van der Waals surface area contributed by atoms with Gasteiger partial charge in [-0.25, -0.2) is 9.97 Å². The lowest BCUT2D eigenvalue weighted by atomic mass is 10.2. The minimum atomic E-state index is -0.198. The third-order valence-corrected chi connectivity index (χ3v) is 3.04. The van der Waals surface area contributed by atoms with Crippen LogP contribution in [0.3, 0.4) is 0 Å². The summed E-state index contributed by atoms with van der Waals surface area (Å²) in [7, 11) is 0. The highest BCUT2D eigenvalue weighted by atomic mass is 35.5. The number of halogens is 1. The average Bonchev–Trinajstić information content (AvgIpc) is 2.96. The van der Waals surface area contributed by atoms with Crippen molar-refractivity contribution in [3.05, 3.63) is 47.3 Å². The van der Waals surface area contributed by atoms with Crippen LogP contribution in [0, 0.1) is 0 Å². The first-order chi connectivity index (χ1) is 8.72. The van der Waals surface area contributed by atoms with Crippen molar-refractivity contribution < 1.29 is 0 Å². The third-order valence-electron chi connectivity index (χ3n) is 2.81. The highest BCUT2D eigenvalue weighted by Gasteiger charge is 2.12. The van der Waals surface area contributed by atoms with Gasteiger partial charge < -0.3 is 15.7 Å². The van der Waals surface area contributed by atoms with Crippen LogP contribution in [0.2, 0.25) is 5.02 Å². The summed E-state index contributed by atoms with van der Waals surface area (Å²) in [6, 6.07) is 5.34. The van der Waals surface area contributed by atoms with Crippen LogP contribution >= 0.6 is 11.6 Å². The first-order valence-corrected chi connectivity index (χ1v) is 5.98. The Hall–Kier alpha value is -1.85. The lowest BCUT2D eigenvalue weighted by molar-refractivity contribution is 0.671. The van der Waals surface area contributed by atoms with E-state index in [4.69, 9.17) is 17.3 Å². The van der Waals surface area contributed by atoms with Crippen molar-refractivity contribution in [3.63, 3.8) is 0 Å². The SMILES string of the molecule is NC(Cc1cnc[nH]1)c1nc2ccc(Cl)cc2[nH]1. The predicted octanol–water partition coefficient (Wildman–Crippen LogP) is 2.18. The maximum Gasteiger partial charge on any atom is 0.124 e.